The summed E-state index contributed by atoms with van der Waals surface area (Å²) in [6.07, 6.45) is 0. The van der Waals surface area contributed by atoms with Crippen molar-refractivity contribution in [2.75, 3.05) is 5.75 Å². The molecule has 1 unspecified atom stereocenters. The summed E-state index contributed by atoms with van der Waals surface area (Å²) in [4.78, 5) is 8.67. The van der Waals surface area contributed by atoms with Gasteiger partial charge in [0.2, 0.25) is 0 Å². The maximum Gasteiger partial charge on any atom is 0.188 e. The van der Waals surface area contributed by atoms with Crippen molar-refractivity contribution < 1.29 is 5.11 Å². The van der Waals surface area contributed by atoms with E-state index < -0.39 is 5.60 Å². The Balaban J connectivity index is 2.68. The predicted octanol–water partition coefficient (Wildman–Crippen LogP) is 2.59. The van der Waals surface area contributed by atoms with Gasteiger partial charge in [0.15, 0.2) is 5.16 Å². The predicted molar refractivity (Wildman–Crippen MR) is 67.7 cm³/mol. The van der Waals surface area contributed by atoms with Gasteiger partial charge >= 0.3 is 0 Å². The van der Waals surface area contributed by atoms with Gasteiger partial charge in [0.25, 0.3) is 0 Å². The van der Waals surface area contributed by atoms with Crippen LogP contribution in [0.3, 0.4) is 0 Å². The summed E-state index contributed by atoms with van der Waals surface area (Å²) < 4.78 is 0. The second kappa shape index (κ2) is 5.15. The lowest BCUT2D eigenvalue weighted by Crippen LogP contribution is -2.33. The second-order valence-corrected chi connectivity index (χ2v) is 5.68. The summed E-state index contributed by atoms with van der Waals surface area (Å²) in [6.45, 7) is 9.80. The first kappa shape index (κ1) is 13.5. The van der Waals surface area contributed by atoms with E-state index in [9.17, 15) is 5.11 Å². The Morgan fingerprint density at radius 1 is 1.31 bits per heavy atom. The van der Waals surface area contributed by atoms with Gasteiger partial charge in [0, 0.05) is 17.1 Å². The zero-order valence-corrected chi connectivity index (χ0v) is 11.4. The zero-order chi connectivity index (χ0) is 12.3. The summed E-state index contributed by atoms with van der Waals surface area (Å²) in [6, 6.07) is 1.95. The Kier molecular flexibility index (Phi) is 4.33. The molecule has 4 heteroatoms. The van der Waals surface area contributed by atoms with Crippen LogP contribution in [-0.2, 0) is 0 Å². The van der Waals surface area contributed by atoms with E-state index in [1.807, 2.05) is 40.7 Å². The molecule has 16 heavy (non-hydrogen) atoms. The molecule has 1 rings (SSSR count). The fourth-order valence-electron chi connectivity index (χ4n) is 1.14. The van der Waals surface area contributed by atoms with Gasteiger partial charge in [-0.05, 0) is 32.8 Å². The minimum absolute atomic E-state index is 0.228. The van der Waals surface area contributed by atoms with Crippen molar-refractivity contribution >= 4 is 11.8 Å². The number of hydrogen-bond acceptors (Lipinski definition) is 4. The largest absolute Gasteiger partial charge is 0.389 e. The number of nitrogens with zero attached hydrogens (tertiary/aromatic N) is 2. The summed E-state index contributed by atoms with van der Waals surface area (Å²) in [5.74, 6) is 0.846. The Morgan fingerprint density at radius 3 is 2.25 bits per heavy atom. The normalized spacial score (nSPS) is 15.2. The summed E-state index contributed by atoms with van der Waals surface area (Å²) >= 11 is 1.51. The molecule has 0 spiro atoms. The first-order valence-corrected chi connectivity index (χ1v) is 6.47. The van der Waals surface area contributed by atoms with Gasteiger partial charge in [-0.1, -0.05) is 25.6 Å². The molecule has 1 heterocycles. The lowest BCUT2D eigenvalue weighted by Gasteiger charge is -2.26. The second-order valence-electron chi connectivity index (χ2n) is 4.73. The molecule has 0 aliphatic carbocycles. The lowest BCUT2D eigenvalue weighted by atomic mass is 9.95. The molecular formula is C12H20N2OS. The smallest absolute Gasteiger partial charge is 0.188 e. The van der Waals surface area contributed by atoms with Crippen LogP contribution in [0.2, 0.25) is 0 Å². The van der Waals surface area contributed by atoms with Crippen LogP contribution >= 0.6 is 11.8 Å². The van der Waals surface area contributed by atoms with Crippen molar-refractivity contribution in [3.63, 3.8) is 0 Å². The van der Waals surface area contributed by atoms with E-state index in [2.05, 4.69) is 9.97 Å². The third-order valence-electron chi connectivity index (χ3n) is 2.70. The van der Waals surface area contributed by atoms with Crippen molar-refractivity contribution in [1.29, 1.82) is 0 Å². The summed E-state index contributed by atoms with van der Waals surface area (Å²) in [5.41, 5.74) is 1.27. The van der Waals surface area contributed by atoms with Crippen LogP contribution in [0.25, 0.3) is 0 Å². The molecule has 90 valence electrons. The molecule has 0 aromatic carbocycles. The van der Waals surface area contributed by atoms with E-state index in [0.717, 1.165) is 16.5 Å². The first-order valence-electron chi connectivity index (χ1n) is 5.49. The fraction of sp³-hybridized carbons (Fsp3) is 0.667. The highest BCUT2D eigenvalue weighted by molar-refractivity contribution is 7.99. The van der Waals surface area contributed by atoms with Crippen molar-refractivity contribution in [2.24, 2.45) is 5.92 Å². The molecule has 0 amide bonds. The topological polar surface area (TPSA) is 46.0 Å². The fourth-order valence-corrected chi connectivity index (χ4v) is 2.31. The van der Waals surface area contributed by atoms with E-state index in [4.69, 9.17) is 0 Å². The van der Waals surface area contributed by atoms with E-state index in [-0.39, 0.29) is 5.92 Å². The number of thioether (sulfide) groups is 1. The van der Waals surface area contributed by atoms with Crippen molar-refractivity contribution in [1.82, 2.24) is 9.97 Å². The highest BCUT2D eigenvalue weighted by Crippen LogP contribution is 2.25. The zero-order valence-electron chi connectivity index (χ0n) is 10.6. The molecule has 1 aromatic rings. The van der Waals surface area contributed by atoms with E-state index in [0.29, 0.717) is 5.75 Å². The average molecular weight is 240 g/mol. The minimum atomic E-state index is -0.675. The molecule has 3 nitrogen and oxygen atoms in total. The number of hydrogen-bond donors (Lipinski definition) is 1. The number of aryl methyl sites for hydroxylation is 2. The monoisotopic (exact) mass is 240 g/mol. The highest BCUT2D eigenvalue weighted by Gasteiger charge is 2.25. The van der Waals surface area contributed by atoms with Crippen molar-refractivity contribution in [2.45, 2.75) is 45.4 Å². The van der Waals surface area contributed by atoms with Gasteiger partial charge in [0.05, 0.1) is 5.60 Å². The molecule has 0 fully saturated rings. The molecule has 0 aliphatic heterocycles. The van der Waals surface area contributed by atoms with Gasteiger partial charge in [-0.15, -0.1) is 0 Å². The van der Waals surface area contributed by atoms with Crippen LogP contribution in [0.1, 0.15) is 32.2 Å². The van der Waals surface area contributed by atoms with E-state index in [1.165, 1.54) is 11.8 Å². The standard InChI is InChI=1S/C12H20N2OS/c1-8(2)12(5,15)7-16-11-13-9(3)6-10(4)14-11/h6,8,15H,7H2,1-5H3. The van der Waals surface area contributed by atoms with Crippen LogP contribution in [0.15, 0.2) is 11.2 Å². The molecule has 1 N–H and O–H groups in total. The quantitative estimate of drug-likeness (QED) is 0.649. The summed E-state index contributed by atoms with van der Waals surface area (Å²) in [5, 5.41) is 10.9. The first-order chi connectivity index (χ1) is 7.31. The van der Waals surface area contributed by atoms with E-state index >= 15 is 0 Å². The molecule has 0 saturated carbocycles. The third kappa shape index (κ3) is 3.76. The Morgan fingerprint density at radius 2 is 1.81 bits per heavy atom. The number of rotatable bonds is 4. The van der Waals surface area contributed by atoms with Crippen LogP contribution in [-0.4, -0.2) is 26.4 Å². The molecule has 0 radical (unpaired) electrons. The van der Waals surface area contributed by atoms with Crippen LogP contribution in [0.4, 0.5) is 0 Å². The lowest BCUT2D eigenvalue weighted by molar-refractivity contribution is 0.0376. The Labute approximate surface area is 102 Å². The molecule has 1 aromatic heterocycles. The number of aromatic nitrogens is 2. The molecule has 0 bridgehead atoms. The van der Waals surface area contributed by atoms with Gasteiger partial charge in [-0.2, -0.15) is 0 Å². The van der Waals surface area contributed by atoms with E-state index in [1.54, 1.807) is 0 Å². The Hall–Kier alpha value is -0.610. The summed E-state index contributed by atoms with van der Waals surface area (Å²) in [7, 11) is 0. The molecule has 0 saturated heterocycles. The highest BCUT2D eigenvalue weighted by atomic mass is 32.2. The van der Waals surface area contributed by atoms with Gasteiger partial charge in [-0.3, -0.25) is 0 Å². The maximum atomic E-state index is 10.1. The molecular weight excluding hydrogens is 220 g/mol. The van der Waals surface area contributed by atoms with Crippen LogP contribution in [0.5, 0.6) is 0 Å². The number of aliphatic hydroxyl groups is 1. The van der Waals surface area contributed by atoms with Gasteiger partial charge < -0.3 is 5.11 Å². The molecule has 0 aliphatic rings. The minimum Gasteiger partial charge on any atom is -0.389 e. The molecule has 1 atom stereocenters. The third-order valence-corrected chi connectivity index (χ3v) is 3.87. The van der Waals surface area contributed by atoms with Crippen LogP contribution in [0, 0.1) is 19.8 Å². The SMILES string of the molecule is Cc1cc(C)nc(SCC(C)(O)C(C)C)n1. The van der Waals surface area contributed by atoms with Gasteiger partial charge in [0.1, 0.15) is 0 Å². The van der Waals surface area contributed by atoms with Gasteiger partial charge in [-0.25, -0.2) is 9.97 Å². The van der Waals surface area contributed by atoms with Crippen LogP contribution < -0.4 is 0 Å². The van der Waals surface area contributed by atoms with Crippen molar-refractivity contribution in [3.8, 4) is 0 Å². The average Bonchev–Trinajstić information content (AvgIpc) is 2.13. The van der Waals surface area contributed by atoms with Crippen molar-refractivity contribution in [3.05, 3.63) is 17.5 Å². The maximum absolute atomic E-state index is 10.1. The Bertz CT molecular complexity index is 344.